The van der Waals surface area contributed by atoms with Gasteiger partial charge in [0.1, 0.15) is 17.2 Å². The van der Waals surface area contributed by atoms with Gasteiger partial charge in [-0.3, -0.25) is 4.40 Å². The molecule has 0 amide bonds. The molecule has 0 atom stereocenters. The fourth-order valence-corrected chi connectivity index (χ4v) is 4.37. The molecule has 152 valence electrons. The minimum atomic E-state index is 0.220. The average Bonchev–Trinajstić information content (AvgIpc) is 3.34. The highest BCUT2D eigenvalue weighted by Crippen LogP contribution is 2.38. The molecule has 0 bridgehead atoms. The van der Waals surface area contributed by atoms with Crippen LogP contribution < -0.4 is 14.2 Å². The zero-order valence-electron chi connectivity index (χ0n) is 17.0. The molecular formula is C23H21N3O3S. The van der Waals surface area contributed by atoms with Gasteiger partial charge in [0.2, 0.25) is 0 Å². The van der Waals surface area contributed by atoms with Crippen LogP contribution in [-0.2, 0) is 6.42 Å². The minimum Gasteiger partial charge on any atom is -0.497 e. The summed E-state index contributed by atoms with van der Waals surface area (Å²) in [4.78, 5) is 5.67. The molecule has 0 aliphatic heterocycles. The zero-order valence-corrected chi connectivity index (χ0v) is 17.8. The van der Waals surface area contributed by atoms with Crippen molar-refractivity contribution in [3.63, 3.8) is 0 Å². The highest BCUT2D eigenvalue weighted by Gasteiger charge is 2.21. The van der Waals surface area contributed by atoms with Crippen LogP contribution in [0.5, 0.6) is 17.2 Å². The number of benzene rings is 2. The first-order valence-corrected chi connectivity index (χ1v) is 10.4. The van der Waals surface area contributed by atoms with E-state index >= 15 is 0 Å². The monoisotopic (exact) mass is 419 g/mol. The molecule has 0 N–H and O–H groups in total. The molecule has 6 nitrogen and oxygen atoms in total. The summed E-state index contributed by atoms with van der Waals surface area (Å²) in [7, 11) is 3.25. The quantitative estimate of drug-likeness (QED) is 0.411. The Hall–Kier alpha value is -3.50. The molecule has 0 saturated heterocycles. The standard InChI is InChI=1S/C23H21N3O3S/c1-4-29-16-7-5-15(6-8-16)20-14-30-23-25-22(19(11-12-24)26(20)23)18-13-17(27-2)9-10-21(18)28-3/h5-10,13-14H,4,11H2,1-3H3. The maximum Gasteiger partial charge on any atom is 0.195 e. The fourth-order valence-electron chi connectivity index (χ4n) is 3.46. The Balaban J connectivity index is 1.90. The second-order valence-electron chi connectivity index (χ2n) is 6.50. The fraction of sp³-hybridized carbons (Fsp3) is 0.217. The van der Waals surface area contributed by atoms with E-state index in [4.69, 9.17) is 19.2 Å². The van der Waals surface area contributed by atoms with Crippen molar-refractivity contribution in [2.24, 2.45) is 0 Å². The lowest BCUT2D eigenvalue weighted by atomic mass is 10.1. The van der Waals surface area contributed by atoms with E-state index in [1.807, 2.05) is 49.4 Å². The number of aromatic nitrogens is 2. The van der Waals surface area contributed by atoms with Crippen molar-refractivity contribution < 1.29 is 14.2 Å². The number of nitriles is 1. The molecule has 2 aromatic carbocycles. The van der Waals surface area contributed by atoms with Crippen LogP contribution in [0.4, 0.5) is 0 Å². The summed E-state index contributed by atoms with van der Waals surface area (Å²) in [5, 5.41) is 11.6. The van der Waals surface area contributed by atoms with Gasteiger partial charge in [0, 0.05) is 10.9 Å². The first-order valence-electron chi connectivity index (χ1n) is 9.51. The van der Waals surface area contributed by atoms with Crippen molar-refractivity contribution >= 4 is 16.3 Å². The number of imidazole rings is 1. The summed E-state index contributed by atoms with van der Waals surface area (Å²) < 4.78 is 18.6. The summed E-state index contributed by atoms with van der Waals surface area (Å²) in [6.45, 7) is 2.59. The van der Waals surface area contributed by atoms with Gasteiger partial charge in [-0.15, -0.1) is 11.3 Å². The second-order valence-corrected chi connectivity index (χ2v) is 7.34. The number of rotatable bonds is 7. The summed E-state index contributed by atoms with van der Waals surface area (Å²) >= 11 is 1.54. The van der Waals surface area contributed by atoms with E-state index < -0.39 is 0 Å². The lowest BCUT2D eigenvalue weighted by Gasteiger charge is -2.10. The van der Waals surface area contributed by atoms with Crippen LogP contribution in [0.25, 0.3) is 27.5 Å². The summed E-state index contributed by atoms with van der Waals surface area (Å²) in [6, 6.07) is 15.8. The number of thiazole rings is 1. The highest BCUT2D eigenvalue weighted by atomic mass is 32.1. The molecule has 2 heterocycles. The van der Waals surface area contributed by atoms with Crippen LogP contribution in [0.2, 0.25) is 0 Å². The Morgan fingerprint density at radius 3 is 2.50 bits per heavy atom. The third kappa shape index (κ3) is 3.46. The van der Waals surface area contributed by atoms with Crippen molar-refractivity contribution in [2.75, 3.05) is 20.8 Å². The smallest absolute Gasteiger partial charge is 0.195 e. The van der Waals surface area contributed by atoms with Gasteiger partial charge in [-0.25, -0.2) is 4.98 Å². The van der Waals surface area contributed by atoms with Crippen molar-refractivity contribution in [1.82, 2.24) is 9.38 Å². The van der Waals surface area contributed by atoms with E-state index in [0.29, 0.717) is 18.1 Å². The molecule has 2 aromatic heterocycles. The molecule has 0 saturated carbocycles. The SMILES string of the molecule is CCOc1ccc(-c2csc3nc(-c4cc(OC)ccc4OC)c(CC#N)n23)cc1. The van der Waals surface area contributed by atoms with Crippen LogP contribution >= 0.6 is 11.3 Å². The Bertz CT molecular complexity index is 1220. The van der Waals surface area contributed by atoms with Crippen molar-refractivity contribution in [1.29, 1.82) is 5.26 Å². The Labute approximate surface area is 178 Å². The van der Waals surface area contributed by atoms with E-state index in [1.165, 1.54) is 0 Å². The molecular weight excluding hydrogens is 398 g/mol. The number of fused-ring (bicyclic) bond motifs is 1. The predicted molar refractivity (Wildman–Crippen MR) is 118 cm³/mol. The lowest BCUT2D eigenvalue weighted by molar-refractivity contribution is 0.340. The largest absolute Gasteiger partial charge is 0.497 e. The first kappa shape index (κ1) is 19.8. The van der Waals surface area contributed by atoms with Gasteiger partial charge in [0.15, 0.2) is 4.96 Å². The minimum absolute atomic E-state index is 0.220. The molecule has 4 aromatic rings. The summed E-state index contributed by atoms with van der Waals surface area (Å²) in [5.74, 6) is 2.22. The Kier molecular flexibility index (Phi) is 5.59. The maximum atomic E-state index is 9.53. The summed E-state index contributed by atoms with van der Waals surface area (Å²) in [6.07, 6.45) is 0.220. The van der Waals surface area contributed by atoms with Gasteiger partial charge < -0.3 is 14.2 Å². The van der Waals surface area contributed by atoms with Crippen LogP contribution in [0.1, 0.15) is 12.6 Å². The van der Waals surface area contributed by atoms with Crippen molar-refractivity contribution in [3.8, 4) is 45.8 Å². The van der Waals surface area contributed by atoms with Crippen LogP contribution in [0.3, 0.4) is 0 Å². The summed E-state index contributed by atoms with van der Waals surface area (Å²) in [5.41, 5.74) is 4.38. The van der Waals surface area contributed by atoms with E-state index in [-0.39, 0.29) is 6.42 Å². The molecule has 7 heteroatoms. The predicted octanol–water partition coefficient (Wildman–Crippen LogP) is 5.21. The molecule has 0 aliphatic rings. The van der Waals surface area contributed by atoms with Gasteiger partial charge >= 0.3 is 0 Å². The Morgan fingerprint density at radius 2 is 1.83 bits per heavy atom. The molecule has 0 unspecified atom stereocenters. The molecule has 30 heavy (non-hydrogen) atoms. The van der Waals surface area contributed by atoms with Crippen LogP contribution in [0.15, 0.2) is 47.8 Å². The molecule has 0 radical (unpaired) electrons. The highest BCUT2D eigenvalue weighted by molar-refractivity contribution is 7.15. The molecule has 0 fully saturated rings. The topological polar surface area (TPSA) is 68.8 Å². The van der Waals surface area contributed by atoms with Crippen LogP contribution in [-0.4, -0.2) is 30.2 Å². The van der Waals surface area contributed by atoms with Gasteiger partial charge in [-0.2, -0.15) is 5.26 Å². The number of hydrogen-bond acceptors (Lipinski definition) is 6. The number of ether oxygens (including phenoxy) is 3. The van der Waals surface area contributed by atoms with Crippen LogP contribution in [0, 0.1) is 11.3 Å². The van der Waals surface area contributed by atoms with E-state index in [9.17, 15) is 5.26 Å². The van der Waals surface area contributed by atoms with Gasteiger partial charge in [-0.1, -0.05) is 0 Å². The third-order valence-corrected chi connectivity index (χ3v) is 5.65. The van der Waals surface area contributed by atoms with Crippen molar-refractivity contribution in [3.05, 3.63) is 53.5 Å². The Morgan fingerprint density at radius 1 is 1.07 bits per heavy atom. The van der Waals surface area contributed by atoms with Crippen molar-refractivity contribution in [2.45, 2.75) is 13.3 Å². The number of nitrogens with zero attached hydrogens (tertiary/aromatic N) is 3. The molecule has 4 rings (SSSR count). The zero-order chi connectivity index (χ0) is 21.1. The second kappa shape index (κ2) is 8.47. The molecule has 0 spiro atoms. The maximum absolute atomic E-state index is 9.53. The first-order chi connectivity index (χ1) is 14.7. The van der Waals surface area contributed by atoms with E-state index in [1.54, 1.807) is 25.6 Å². The number of hydrogen-bond donors (Lipinski definition) is 0. The lowest BCUT2D eigenvalue weighted by Crippen LogP contribution is -1.97. The number of methoxy groups -OCH3 is 2. The normalized spacial score (nSPS) is 10.7. The van der Waals surface area contributed by atoms with Gasteiger partial charge in [0.25, 0.3) is 0 Å². The van der Waals surface area contributed by atoms with Gasteiger partial charge in [0.05, 0.1) is 50.4 Å². The van der Waals surface area contributed by atoms with E-state index in [0.717, 1.165) is 38.9 Å². The van der Waals surface area contributed by atoms with E-state index in [2.05, 4.69) is 15.8 Å². The third-order valence-electron chi connectivity index (χ3n) is 4.83. The average molecular weight is 420 g/mol. The molecule has 0 aliphatic carbocycles. The van der Waals surface area contributed by atoms with Gasteiger partial charge in [-0.05, 0) is 55.0 Å².